The summed E-state index contributed by atoms with van der Waals surface area (Å²) in [5, 5.41) is 0. The van der Waals surface area contributed by atoms with Gasteiger partial charge in [0.25, 0.3) is 0 Å². The molecule has 0 saturated heterocycles. The standard InChI is InChI=1S/C10H16N2O/c1-8(2)13-10-7-5-6-9(11-10)12(3)4/h5-8H,1-4H3. The number of nitrogens with zero attached hydrogens (tertiary/aromatic N) is 2. The normalized spacial score (nSPS) is 10.2. The van der Waals surface area contributed by atoms with Crippen molar-refractivity contribution in [1.29, 1.82) is 0 Å². The van der Waals surface area contributed by atoms with Crippen molar-refractivity contribution in [3.05, 3.63) is 18.2 Å². The van der Waals surface area contributed by atoms with Gasteiger partial charge in [-0.25, -0.2) is 0 Å². The van der Waals surface area contributed by atoms with Gasteiger partial charge in [-0.2, -0.15) is 4.98 Å². The van der Waals surface area contributed by atoms with E-state index in [9.17, 15) is 0 Å². The van der Waals surface area contributed by atoms with Gasteiger partial charge in [-0.1, -0.05) is 6.07 Å². The molecule has 0 saturated carbocycles. The first-order valence-electron chi connectivity index (χ1n) is 4.40. The summed E-state index contributed by atoms with van der Waals surface area (Å²) in [5.74, 6) is 1.60. The van der Waals surface area contributed by atoms with Crippen LogP contribution in [-0.4, -0.2) is 25.2 Å². The molecule has 72 valence electrons. The Kier molecular flexibility index (Phi) is 3.12. The van der Waals surface area contributed by atoms with Crippen molar-refractivity contribution < 1.29 is 4.74 Å². The molecular formula is C10H16N2O. The molecule has 0 fully saturated rings. The fraction of sp³-hybridized carbons (Fsp3) is 0.500. The van der Waals surface area contributed by atoms with Crippen molar-refractivity contribution >= 4 is 5.82 Å². The maximum atomic E-state index is 5.47. The Balaban J connectivity index is 2.79. The number of aromatic nitrogens is 1. The minimum Gasteiger partial charge on any atom is -0.475 e. The lowest BCUT2D eigenvalue weighted by Gasteiger charge is -2.13. The number of rotatable bonds is 3. The Hall–Kier alpha value is -1.25. The highest BCUT2D eigenvalue weighted by Gasteiger charge is 2.01. The van der Waals surface area contributed by atoms with Crippen LogP contribution in [0.3, 0.4) is 0 Å². The largest absolute Gasteiger partial charge is 0.475 e. The molecule has 13 heavy (non-hydrogen) atoms. The summed E-state index contributed by atoms with van der Waals surface area (Å²) in [7, 11) is 3.92. The molecule has 0 aliphatic rings. The van der Waals surface area contributed by atoms with Gasteiger partial charge in [-0.15, -0.1) is 0 Å². The van der Waals surface area contributed by atoms with Crippen molar-refractivity contribution in [1.82, 2.24) is 4.98 Å². The van der Waals surface area contributed by atoms with Gasteiger partial charge in [-0.3, -0.25) is 0 Å². The van der Waals surface area contributed by atoms with Gasteiger partial charge in [0.1, 0.15) is 5.82 Å². The van der Waals surface area contributed by atoms with Crippen LogP contribution in [-0.2, 0) is 0 Å². The van der Waals surface area contributed by atoms with E-state index in [0.29, 0.717) is 5.88 Å². The predicted octanol–water partition coefficient (Wildman–Crippen LogP) is 1.93. The first-order chi connectivity index (χ1) is 6.09. The van der Waals surface area contributed by atoms with Crippen LogP contribution in [0.5, 0.6) is 5.88 Å². The van der Waals surface area contributed by atoms with E-state index in [0.717, 1.165) is 5.82 Å². The Labute approximate surface area is 79.3 Å². The second-order valence-corrected chi connectivity index (χ2v) is 3.40. The lowest BCUT2D eigenvalue weighted by atomic mass is 10.4. The molecule has 1 aromatic rings. The van der Waals surface area contributed by atoms with Crippen LogP contribution in [0.4, 0.5) is 5.82 Å². The quantitative estimate of drug-likeness (QED) is 0.710. The molecule has 0 radical (unpaired) electrons. The molecule has 0 aliphatic carbocycles. The summed E-state index contributed by atoms with van der Waals surface area (Å²) >= 11 is 0. The fourth-order valence-corrected chi connectivity index (χ4v) is 0.960. The third kappa shape index (κ3) is 2.93. The Bertz CT molecular complexity index is 271. The summed E-state index contributed by atoms with van der Waals surface area (Å²) in [5.41, 5.74) is 0. The van der Waals surface area contributed by atoms with Crippen LogP contribution in [0.15, 0.2) is 18.2 Å². The van der Waals surface area contributed by atoms with Crippen molar-refractivity contribution in [2.24, 2.45) is 0 Å². The average molecular weight is 180 g/mol. The summed E-state index contributed by atoms with van der Waals surface area (Å²) in [6, 6.07) is 5.76. The number of ether oxygens (including phenoxy) is 1. The van der Waals surface area contributed by atoms with E-state index in [1.54, 1.807) is 0 Å². The molecule has 0 spiro atoms. The SMILES string of the molecule is CC(C)Oc1cccc(N(C)C)n1. The maximum Gasteiger partial charge on any atom is 0.215 e. The van der Waals surface area contributed by atoms with Gasteiger partial charge in [0, 0.05) is 20.2 Å². The van der Waals surface area contributed by atoms with Crippen LogP contribution in [0, 0.1) is 0 Å². The van der Waals surface area contributed by atoms with E-state index in [-0.39, 0.29) is 6.10 Å². The van der Waals surface area contributed by atoms with E-state index in [1.807, 2.05) is 51.0 Å². The van der Waals surface area contributed by atoms with Crippen LogP contribution in [0.1, 0.15) is 13.8 Å². The first-order valence-corrected chi connectivity index (χ1v) is 4.40. The predicted molar refractivity (Wildman–Crippen MR) is 54.3 cm³/mol. The highest BCUT2D eigenvalue weighted by molar-refractivity contribution is 5.38. The van der Waals surface area contributed by atoms with E-state index >= 15 is 0 Å². The fourth-order valence-electron chi connectivity index (χ4n) is 0.960. The summed E-state index contributed by atoms with van der Waals surface area (Å²) in [4.78, 5) is 6.27. The van der Waals surface area contributed by atoms with Gasteiger partial charge in [-0.05, 0) is 19.9 Å². The summed E-state index contributed by atoms with van der Waals surface area (Å²) in [6.07, 6.45) is 0.171. The maximum absolute atomic E-state index is 5.47. The lowest BCUT2D eigenvalue weighted by Crippen LogP contribution is -2.12. The van der Waals surface area contributed by atoms with Gasteiger partial charge < -0.3 is 9.64 Å². The highest BCUT2D eigenvalue weighted by Crippen LogP contribution is 2.14. The Morgan fingerprint density at radius 1 is 1.31 bits per heavy atom. The molecule has 0 aromatic carbocycles. The molecule has 3 nitrogen and oxygen atoms in total. The Morgan fingerprint density at radius 2 is 2.00 bits per heavy atom. The first kappa shape index (κ1) is 9.84. The highest BCUT2D eigenvalue weighted by atomic mass is 16.5. The zero-order valence-electron chi connectivity index (χ0n) is 8.61. The van der Waals surface area contributed by atoms with Crippen LogP contribution in [0.25, 0.3) is 0 Å². The Morgan fingerprint density at radius 3 is 2.54 bits per heavy atom. The number of pyridine rings is 1. The molecule has 1 aromatic heterocycles. The molecule has 0 atom stereocenters. The zero-order chi connectivity index (χ0) is 9.84. The van der Waals surface area contributed by atoms with E-state index in [4.69, 9.17) is 4.74 Å². The zero-order valence-corrected chi connectivity index (χ0v) is 8.61. The van der Waals surface area contributed by atoms with E-state index in [1.165, 1.54) is 0 Å². The van der Waals surface area contributed by atoms with Crippen molar-refractivity contribution in [3.63, 3.8) is 0 Å². The van der Waals surface area contributed by atoms with Crippen LogP contribution >= 0.6 is 0 Å². The number of anilines is 1. The topological polar surface area (TPSA) is 25.4 Å². The minimum atomic E-state index is 0.171. The van der Waals surface area contributed by atoms with E-state index < -0.39 is 0 Å². The summed E-state index contributed by atoms with van der Waals surface area (Å²) in [6.45, 7) is 3.98. The summed E-state index contributed by atoms with van der Waals surface area (Å²) < 4.78 is 5.47. The number of hydrogen-bond acceptors (Lipinski definition) is 3. The molecule has 1 heterocycles. The molecular weight excluding hydrogens is 164 g/mol. The molecule has 0 bridgehead atoms. The number of hydrogen-bond donors (Lipinski definition) is 0. The van der Waals surface area contributed by atoms with Crippen molar-refractivity contribution in [2.75, 3.05) is 19.0 Å². The smallest absolute Gasteiger partial charge is 0.215 e. The van der Waals surface area contributed by atoms with Gasteiger partial charge in [0.15, 0.2) is 0 Å². The van der Waals surface area contributed by atoms with Gasteiger partial charge >= 0.3 is 0 Å². The average Bonchev–Trinajstić information content (AvgIpc) is 2.03. The molecule has 0 aliphatic heterocycles. The molecule has 1 rings (SSSR count). The van der Waals surface area contributed by atoms with Crippen LogP contribution in [0.2, 0.25) is 0 Å². The lowest BCUT2D eigenvalue weighted by molar-refractivity contribution is 0.233. The van der Waals surface area contributed by atoms with Crippen molar-refractivity contribution in [3.8, 4) is 5.88 Å². The second kappa shape index (κ2) is 4.12. The second-order valence-electron chi connectivity index (χ2n) is 3.40. The van der Waals surface area contributed by atoms with Gasteiger partial charge in [0.05, 0.1) is 6.10 Å². The van der Waals surface area contributed by atoms with Crippen molar-refractivity contribution in [2.45, 2.75) is 20.0 Å². The molecule has 0 amide bonds. The third-order valence-electron chi connectivity index (χ3n) is 1.52. The molecule has 0 unspecified atom stereocenters. The third-order valence-corrected chi connectivity index (χ3v) is 1.52. The van der Waals surface area contributed by atoms with E-state index in [2.05, 4.69) is 4.98 Å². The molecule has 0 N–H and O–H groups in total. The molecule has 3 heteroatoms. The van der Waals surface area contributed by atoms with Gasteiger partial charge in [0.2, 0.25) is 5.88 Å². The monoisotopic (exact) mass is 180 g/mol. The van der Waals surface area contributed by atoms with Crippen LogP contribution < -0.4 is 9.64 Å². The minimum absolute atomic E-state index is 0.171.